The molecule has 1 aromatic carbocycles. The van der Waals surface area contributed by atoms with Gasteiger partial charge in [-0.1, -0.05) is 18.2 Å². The van der Waals surface area contributed by atoms with Gasteiger partial charge in [-0.15, -0.1) is 0 Å². The van der Waals surface area contributed by atoms with Crippen molar-refractivity contribution in [3.05, 3.63) is 52.9 Å². The molecule has 1 N–H and O–H groups in total. The van der Waals surface area contributed by atoms with E-state index in [-0.39, 0.29) is 23.6 Å². The number of ether oxygens (including phenoxy) is 3. The van der Waals surface area contributed by atoms with Gasteiger partial charge in [-0.05, 0) is 52.0 Å². The van der Waals surface area contributed by atoms with Gasteiger partial charge in [-0.2, -0.15) is 5.01 Å². The van der Waals surface area contributed by atoms with Crippen molar-refractivity contribution in [2.24, 2.45) is 0 Å². The number of nitrogens with one attached hydrogen (secondary N) is 1. The molecule has 0 bridgehead atoms. The van der Waals surface area contributed by atoms with Crippen LogP contribution < -0.4 is 5.43 Å². The highest BCUT2D eigenvalue weighted by Crippen LogP contribution is 2.28. The SMILES string of the molecule is C=C(C1=C(OC(=O)OC(C)C)CN(C)C1=O)N(Nc1ccc(Cl)cc1)C(=O)OC(C)C. The van der Waals surface area contributed by atoms with E-state index in [9.17, 15) is 14.4 Å². The molecule has 9 nitrogen and oxygen atoms in total. The number of carbonyl (C=O) groups is 3. The summed E-state index contributed by atoms with van der Waals surface area (Å²) in [5.74, 6) is -0.457. The van der Waals surface area contributed by atoms with E-state index in [1.807, 2.05) is 0 Å². The molecule has 2 amide bonds. The van der Waals surface area contributed by atoms with Gasteiger partial charge in [0.25, 0.3) is 5.91 Å². The minimum atomic E-state index is -0.958. The van der Waals surface area contributed by atoms with Crippen LogP contribution in [0.5, 0.6) is 0 Å². The minimum Gasteiger partial charge on any atom is -0.445 e. The van der Waals surface area contributed by atoms with Crippen molar-refractivity contribution >= 4 is 35.4 Å². The van der Waals surface area contributed by atoms with Crippen molar-refractivity contribution in [1.29, 1.82) is 0 Å². The first-order chi connectivity index (χ1) is 14.5. The molecule has 1 heterocycles. The fraction of sp³-hybridized carbons (Fsp3) is 0.381. The highest BCUT2D eigenvalue weighted by atomic mass is 35.5. The molecule has 0 saturated carbocycles. The van der Waals surface area contributed by atoms with Gasteiger partial charge in [0, 0.05) is 12.1 Å². The third-order valence-corrected chi connectivity index (χ3v) is 4.17. The summed E-state index contributed by atoms with van der Waals surface area (Å²) in [6.07, 6.45) is -2.59. The van der Waals surface area contributed by atoms with Crippen LogP contribution in [0.3, 0.4) is 0 Å². The lowest BCUT2D eigenvalue weighted by Gasteiger charge is -2.27. The molecule has 0 unspecified atom stereocenters. The number of hydrazine groups is 1. The second-order valence-electron chi connectivity index (χ2n) is 7.31. The lowest BCUT2D eigenvalue weighted by molar-refractivity contribution is -0.124. The molecule has 1 aliphatic rings. The Balaban J connectivity index is 2.39. The molecule has 0 radical (unpaired) electrons. The average molecular weight is 452 g/mol. The Bertz CT molecular complexity index is 895. The van der Waals surface area contributed by atoms with Crippen LogP contribution in [0.2, 0.25) is 5.02 Å². The Kier molecular flexibility index (Phi) is 7.93. The summed E-state index contributed by atoms with van der Waals surface area (Å²) in [4.78, 5) is 38.8. The Morgan fingerprint density at radius 1 is 1.13 bits per heavy atom. The van der Waals surface area contributed by atoms with Crippen molar-refractivity contribution in [3.63, 3.8) is 0 Å². The Morgan fingerprint density at radius 3 is 2.26 bits per heavy atom. The zero-order chi connectivity index (χ0) is 23.3. The van der Waals surface area contributed by atoms with E-state index in [0.29, 0.717) is 10.7 Å². The number of rotatable bonds is 7. The van der Waals surface area contributed by atoms with Crippen molar-refractivity contribution in [2.45, 2.75) is 39.9 Å². The van der Waals surface area contributed by atoms with Crippen molar-refractivity contribution < 1.29 is 28.6 Å². The van der Waals surface area contributed by atoms with Gasteiger partial charge < -0.3 is 19.1 Å². The molecule has 31 heavy (non-hydrogen) atoms. The van der Waals surface area contributed by atoms with E-state index >= 15 is 0 Å². The number of carbonyl (C=O) groups excluding carboxylic acids is 3. The average Bonchev–Trinajstić information content (AvgIpc) is 2.92. The molecule has 0 fully saturated rings. The lowest BCUT2D eigenvalue weighted by Crippen LogP contribution is -2.39. The molecule has 1 aromatic rings. The summed E-state index contributed by atoms with van der Waals surface area (Å²) >= 11 is 5.92. The third kappa shape index (κ3) is 6.39. The van der Waals surface area contributed by atoms with E-state index in [0.717, 1.165) is 5.01 Å². The molecule has 0 aliphatic carbocycles. The number of halogens is 1. The second-order valence-corrected chi connectivity index (χ2v) is 7.75. The van der Waals surface area contributed by atoms with Crippen LogP contribution in [0.25, 0.3) is 0 Å². The number of benzene rings is 1. The van der Waals surface area contributed by atoms with Gasteiger partial charge in [0.05, 0.1) is 30.1 Å². The predicted octanol–water partition coefficient (Wildman–Crippen LogP) is 4.32. The van der Waals surface area contributed by atoms with E-state index < -0.39 is 30.4 Å². The predicted molar refractivity (Wildman–Crippen MR) is 115 cm³/mol. The van der Waals surface area contributed by atoms with Crippen LogP contribution in [0.1, 0.15) is 27.7 Å². The van der Waals surface area contributed by atoms with Crippen molar-refractivity contribution in [3.8, 4) is 0 Å². The van der Waals surface area contributed by atoms with Crippen molar-refractivity contribution in [2.75, 3.05) is 19.0 Å². The van der Waals surface area contributed by atoms with Crippen molar-refractivity contribution in [1.82, 2.24) is 9.91 Å². The standard InChI is InChI=1S/C21H26ClN3O6/c1-12(2)29-20(27)25(23-16-9-7-15(22)8-10-16)14(5)18-17(11-24(6)19(18)26)31-21(28)30-13(3)4/h7-10,12-13,23H,5,11H2,1-4,6H3. The summed E-state index contributed by atoms with van der Waals surface area (Å²) < 4.78 is 15.5. The monoisotopic (exact) mass is 451 g/mol. The summed E-state index contributed by atoms with van der Waals surface area (Å²) in [5.41, 5.74) is 3.24. The number of nitrogens with zero attached hydrogens (tertiary/aromatic N) is 2. The minimum absolute atomic E-state index is 0.00833. The quantitative estimate of drug-likeness (QED) is 0.487. The van der Waals surface area contributed by atoms with Crippen LogP contribution in [0.4, 0.5) is 15.3 Å². The molecule has 168 valence electrons. The molecule has 0 saturated heterocycles. The van der Waals surface area contributed by atoms with E-state index in [1.165, 1.54) is 11.9 Å². The first-order valence-electron chi connectivity index (χ1n) is 9.58. The summed E-state index contributed by atoms with van der Waals surface area (Å²) in [5, 5.41) is 1.49. The van der Waals surface area contributed by atoms with E-state index in [4.69, 9.17) is 25.8 Å². The number of likely N-dealkylation sites (N-methyl/N-ethyl adjacent to an activating group) is 1. The highest BCUT2D eigenvalue weighted by molar-refractivity contribution is 6.30. The molecule has 0 atom stereocenters. The van der Waals surface area contributed by atoms with Gasteiger partial charge in [-0.3, -0.25) is 10.2 Å². The number of hydrogen-bond donors (Lipinski definition) is 1. The Hall–Kier alpha value is -3.20. The molecule has 0 spiro atoms. The smallest absolute Gasteiger partial charge is 0.445 e. The molecule has 10 heteroatoms. The normalized spacial score (nSPS) is 13.5. The maximum Gasteiger partial charge on any atom is 0.513 e. The Morgan fingerprint density at radius 2 is 1.71 bits per heavy atom. The van der Waals surface area contributed by atoms with Gasteiger partial charge in [0.15, 0.2) is 0 Å². The van der Waals surface area contributed by atoms with Crippen LogP contribution in [-0.4, -0.2) is 53.9 Å². The zero-order valence-electron chi connectivity index (χ0n) is 18.1. The second kappa shape index (κ2) is 10.2. The van der Waals surface area contributed by atoms with Crippen LogP contribution in [-0.2, 0) is 19.0 Å². The fourth-order valence-corrected chi connectivity index (χ4v) is 2.73. The van der Waals surface area contributed by atoms with E-state index in [2.05, 4.69) is 12.0 Å². The molecule has 1 aliphatic heterocycles. The topological polar surface area (TPSA) is 97.4 Å². The van der Waals surface area contributed by atoms with Gasteiger partial charge >= 0.3 is 12.2 Å². The van der Waals surface area contributed by atoms with Crippen LogP contribution in [0, 0.1) is 0 Å². The Labute approximate surface area is 186 Å². The van der Waals surface area contributed by atoms with Crippen LogP contribution in [0.15, 0.2) is 47.9 Å². The maximum atomic E-state index is 12.8. The first kappa shape index (κ1) is 24.1. The largest absolute Gasteiger partial charge is 0.513 e. The first-order valence-corrected chi connectivity index (χ1v) is 9.96. The lowest BCUT2D eigenvalue weighted by atomic mass is 10.2. The number of hydrogen-bond acceptors (Lipinski definition) is 7. The molecular weight excluding hydrogens is 426 g/mol. The van der Waals surface area contributed by atoms with E-state index in [1.54, 1.807) is 52.0 Å². The molecule has 0 aromatic heterocycles. The van der Waals surface area contributed by atoms with Gasteiger partial charge in [0.1, 0.15) is 11.3 Å². The highest BCUT2D eigenvalue weighted by Gasteiger charge is 2.37. The van der Waals surface area contributed by atoms with Crippen LogP contribution >= 0.6 is 11.6 Å². The summed E-state index contributed by atoms with van der Waals surface area (Å²) in [6.45, 7) is 10.6. The van der Waals surface area contributed by atoms with Gasteiger partial charge in [-0.25, -0.2) is 9.59 Å². The van der Waals surface area contributed by atoms with Gasteiger partial charge in [0.2, 0.25) is 0 Å². The third-order valence-electron chi connectivity index (χ3n) is 3.92. The zero-order valence-corrected chi connectivity index (χ0v) is 18.9. The fourth-order valence-electron chi connectivity index (χ4n) is 2.60. The summed E-state index contributed by atoms with van der Waals surface area (Å²) in [7, 11) is 1.53. The molecule has 2 rings (SSSR count). The molecular formula is C21H26ClN3O6. The number of amides is 2. The summed E-state index contributed by atoms with van der Waals surface area (Å²) in [6, 6.07) is 6.53. The maximum absolute atomic E-state index is 12.8. The number of anilines is 1.